The predicted octanol–water partition coefficient (Wildman–Crippen LogP) is 3.17. The minimum atomic E-state index is -1.23. The second kappa shape index (κ2) is 15.0. The maximum atomic E-state index is 14.1. The number of halogens is 2. The molecule has 10 nitrogen and oxygen atoms in total. The van der Waals surface area contributed by atoms with Crippen molar-refractivity contribution in [2.75, 3.05) is 11.5 Å². The van der Waals surface area contributed by atoms with E-state index < -0.39 is 48.5 Å². The third-order valence-corrected chi connectivity index (χ3v) is 7.69. The number of benzene rings is 3. The number of nitrogens with two attached hydrogens (primary N) is 1. The average Bonchev–Trinajstić information content (AvgIpc) is 3.43. The van der Waals surface area contributed by atoms with Gasteiger partial charge in [-0.15, -0.1) is 0 Å². The molecule has 0 fully saturated rings. The maximum Gasteiger partial charge on any atom is 0.250 e. The Labute approximate surface area is 264 Å². The molecule has 3 amide bonds. The Hall–Kier alpha value is -4.22. The van der Waals surface area contributed by atoms with Gasteiger partial charge in [0.25, 0.3) is 5.91 Å². The summed E-state index contributed by atoms with van der Waals surface area (Å²) in [5.74, 6) is -1.83. The van der Waals surface area contributed by atoms with E-state index in [1.807, 2.05) is 24.3 Å². The minimum absolute atomic E-state index is 0.0480. The number of H-pyrrole nitrogens is 1. The second-order valence-corrected chi connectivity index (χ2v) is 11.2. The van der Waals surface area contributed by atoms with Gasteiger partial charge >= 0.3 is 0 Å². The van der Waals surface area contributed by atoms with Gasteiger partial charge in [0.05, 0.1) is 12.6 Å². The number of aldehydes is 1. The van der Waals surface area contributed by atoms with Crippen molar-refractivity contribution in [3.05, 3.63) is 100 Å². The molecule has 4 atom stereocenters. The van der Waals surface area contributed by atoms with Crippen molar-refractivity contribution >= 4 is 63.8 Å². The molecule has 0 aliphatic heterocycles. The molecule has 0 aliphatic carbocycles. The van der Waals surface area contributed by atoms with Crippen LogP contribution in [-0.4, -0.2) is 64.9 Å². The fourth-order valence-corrected chi connectivity index (χ4v) is 5.06. The summed E-state index contributed by atoms with van der Waals surface area (Å²) >= 11 is 12.0. The number of hydrogen-bond donors (Lipinski definition) is 5. The smallest absolute Gasteiger partial charge is 0.250 e. The van der Waals surface area contributed by atoms with E-state index >= 15 is 0 Å². The molecule has 3 aromatic carbocycles. The molecule has 0 radical (unpaired) electrons. The Bertz CT molecular complexity index is 1610. The zero-order valence-corrected chi connectivity index (χ0v) is 25.4. The standard InChI is InChI=1S/C32H33Cl2N5O5/c1-19(37-31(43)27(35)14-20-6-8-22(33)9-7-20)30(42)38-29(15-21-16-36-28-5-3-2-4-26(21)28)32(44)39(25(17-40)18-41)24-12-10-23(34)11-13-24/h2-13,16-17,19,25,27,29,36,41H,14-15,18,35H2,1H3,(H,37,43)(H,38,42)/t19-,25+,27-,29+/m0/s1. The molecule has 0 aliphatic rings. The SMILES string of the molecule is C[C@H](NC(=O)[C@@H](N)Cc1ccc(Cl)cc1)C(=O)N[C@H](Cc1c[nH]c2ccccc12)C(=O)N(c1ccc(Cl)cc1)[C@H](C=O)CO. The van der Waals surface area contributed by atoms with Crippen LogP contribution in [0.3, 0.4) is 0 Å². The van der Waals surface area contributed by atoms with Gasteiger partial charge in [0, 0.05) is 39.3 Å². The summed E-state index contributed by atoms with van der Waals surface area (Å²) in [6, 6.07) is 16.2. The van der Waals surface area contributed by atoms with Gasteiger partial charge in [-0.1, -0.05) is 53.5 Å². The van der Waals surface area contributed by atoms with E-state index in [0.29, 0.717) is 22.0 Å². The molecule has 4 aromatic rings. The monoisotopic (exact) mass is 637 g/mol. The van der Waals surface area contributed by atoms with Crippen LogP contribution in [0.15, 0.2) is 79.0 Å². The fourth-order valence-electron chi connectivity index (χ4n) is 4.81. The number of amides is 3. The predicted molar refractivity (Wildman–Crippen MR) is 171 cm³/mol. The zero-order chi connectivity index (χ0) is 31.8. The highest BCUT2D eigenvalue weighted by atomic mass is 35.5. The normalized spacial score (nSPS) is 13.8. The number of hydrogen-bond acceptors (Lipinski definition) is 6. The lowest BCUT2D eigenvalue weighted by atomic mass is 10.0. The van der Waals surface area contributed by atoms with E-state index in [4.69, 9.17) is 28.9 Å². The number of rotatable bonds is 13. The van der Waals surface area contributed by atoms with Gasteiger partial charge in [0.15, 0.2) is 0 Å². The molecule has 230 valence electrons. The lowest BCUT2D eigenvalue weighted by molar-refractivity contribution is -0.131. The van der Waals surface area contributed by atoms with Gasteiger partial charge in [-0.05, 0) is 66.9 Å². The highest BCUT2D eigenvalue weighted by Gasteiger charge is 2.34. The Balaban J connectivity index is 1.57. The number of nitrogens with one attached hydrogen (secondary N) is 3. The van der Waals surface area contributed by atoms with Gasteiger partial charge in [-0.25, -0.2) is 0 Å². The van der Waals surface area contributed by atoms with Crippen LogP contribution in [-0.2, 0) is 32.0 Å². The van der Waals surface area contributed by atoms with E-state index in [1.54, 1.807) is 54.7 Å². The number of aliphatic hydroxyl groups excluding tert-OH is 1. The van der Waals surface area contributed by atoms with Crippen molar-refractivity contribution in [3.8, 4) is 0 Å². The number of nitrogens with zero attached hydrogens (tertiary/aromatic N) is 1. The number of fused-ring (bicyclic) bond motifs is 1. The molecule has 0 bridgehead atoms. The number of aliphatic hydroxyl groups is 1. The first-order valence-corrected chi connectivity index (χ1v) is 14.7. The molecule has 44 heavy (non-hydrogen) atoms. The molecule has 6 N–H and O–H groups in total. The number of aromatic nitrogens is 1. The van der Waals surface area contributed by atoms with Crippen LogP contribution in [0.4, 0.5) is 5.69 Å². The van der Waals surface area contributed by atoms with E-state index in [2.05, 4.69) is 15.6 Å². The van der Waals surface area contributed by atoms with E-state index in [1.165, 1.54) is 6.92 Å². The largest absolute Gasteiger partial charge is 0.394 e. The van der Waals surface area contributed by atoms with E-state index in [-0.39, 0.29) is 12.8 Å². The van der Waals surface area contributed by atoms with Crippen LogP contribution >= 0.6 is 23.2 Å². The Morgan fingerprint density at radius 1 is 0.932 bits per heavy atom. The van der Waals surface area contributed by atoms with Gasteiger partial charge in [-0.3, -0.25) is 19.3 Å². The summed E-state index contributed by atoms with van der Waals surface area (Å²) < 4.78 is 0. The summed E-state index contributed by atoms with van der Waals surface area (Å²) in [6.45, 7) is 0.831. The van der Waals surface area contributed by atoms with Crippen LogP contribution in [0.2, 0.25) is 10.0 Å². The van der Waals surface area contributed by atoms with E-state index in [9.17, 15) is 24.3 Å². The lowest BCUT2D eigenvalue weighted by Gasteiger charge is -2.32. The summed E-state index contributed by atoms with van der Waals surface area (Å²) in [7, 11) is 0. The van der Waals surface area contributed by atoms with Crippen LogP contribution < -0.4 is 21.3 Å². The third-order valence-electron chi connectivity index (χ3n) is 7.19. The molecule has 0 saturated carbocycles. The number of para-hydroxylation sites is 1. The van der Waals surface area contributed by atoms with Gasteiger partial charge in [0.2, 0.25) is 11.8 Å². The Kier molecular flexibility index (Phi) is 11.1. The molecular formula is C32H33Cl2N5O5. The van der Waals surface area contributed by atoms with Crippen LogP contribution in [0, 0.1) is 0 Å². The number of carbonyl (C=O) groups excluding carboxylic acids is 4. The summed E-state index contributed by atoms with van der Waals surface area (Å²) in [6.07, 6.45) is 2.48. The summed E-state index contributed by atoms with van der Waals surface area (Å²) in [4.78, 5) is 56.7. The van der Waals surface area contributed by atoms with Crippen molar-refractivity contribution in [2.45, 2.75) is 43.9 Å². The Morgan fingerprint density at radius 2 is 1.57 bits per heavy atom. The molecule has 4 rings (SSSR count). The second-order valence-electron chi connectivity index (χ2n) is 10.4. The summed E-state index contributed by atoms with van der Waals surface area (Å²) in [5.41, 5.74) is 8.78. The highest BCUT2D eigenvalue weighted by molar-refractivity contribution is 6.30. The van der Waals surface area contributed by atoms with Crippen molar-refractivity contribution in [1.29, 1.82) is 0 Å². The topological polar surface area (TPSA) is 158 Å². The number of carbonyl (C=O) groups is 4. The molecule has 0 spiro atoms. The molecule has 0 saturated heterocycles. The van der Waals surface area contributed by atoms with Crippen molar-refractivity contribution in [2.24, 2.45) is 5.73 Å². The third kappa shape index (κ3) is 8.03. The average molecular weight is 639 g/mol. The fraction of sp³-hybridized carbons (Fsp3) is 0.250. The van der Waals surface area contributed by atoms with Crippen LogP contribution in [0.1, 0.15) is 18.1 Å². The summed E-state index contributed by atoms with van der Waals surface area (Å²) in [5, 5.41) is 17.1. The highest BCUT2D eigenvalue weighted by Crippen LogP contribution is 2.24. The van der Waals surface area contributed by atoms with Crippen molar-refractivity contribution in [1.82, 2.24) is 15.6 Å². The first-order valence-electron chi connectivity index (χ1n) is 13.9. The van der Waals surface area contributed by atoms with Crippen LogP contribution in [0.25, 0.3) is 10.9 Å². The number of aromatic amines is 1. The van der Waals surface area contributed by atoms with Gasteiger partial charge in [-0.2, -0.15) is 0 Å². The van der Waals surface area contributed by atoms with Gasteiger partial charge in [0.1, 0.15) is 24.4 Å². The molecular weight excluding hydrogens is 605 g/mol. The minimum Gasteiger partial charge on any atom is -0.394 e. The maximum absolute atomic E-state index is 14.1. The first kappa shape index (κ1) is 32.7. The van der Waals surface area contributed by atoms with Gasteiger partial charge < -0.3 is 31.3 Å². The van der Waals surface area contributed by atoms with Crippen LogP contribution in [0.5, 0.6) is 0 Å². The quantitative estimate of drug-likeness (QED) is 0.142. The zero-order valence-electron chi connectivity index (χ0n) is 23.9. The molecule has 1 aromatic heterocycles. The Morgan fingerprint density at radius 3 is 2.20 bits per heavy atom. The van der Waals surface area contributed by atoms with Crippen molar-refractivity contribution < 1.29 is 24.3 Å². The van der Waals surface area contributed by atoms with Crippen molar-refractivity contribution in [3.63, 3.8) is 0 Å². The molecule has 1 heterocycles. The van der Waals surface area contributed by atoms with E-state index in [0.717, 1.165) is 26.9 Å². The first-order chi connectivity index (χ1) is 21.1. The molecule has 12 heteroatoms. The number of anilines is 1. The molecule has 0 unspecified atom stereocenters. The lowest BCUT2D eigenvalue weighted by Crippen LogP contribution is -2.58.